The molecular weight excluding hydrogens is 451 g/mol. The fraction of sp³-hybridized carbons (Fsp3) is 0.417. The average Bonchev–Trinajstić information content (AvgIpc) is 3.56. The predicted octanol–water partition coefficient (Wildman–Crippen LogP) is 5.56. The quantitative estimate of drug-likeness (QED) is 0.613. The fourth-order valence-corrected chi connectivity index (χ4v) is 5.26. The summed E-state index contributed by atoms with van der Waals surface area (Å²) in [7, 11) is 0. The van der Waals surface area contributed by atoms with Gasteiger partial charge in [0, 0.05) is 48.2 Å². The first-order valence-electron chi connectivity index (χ1n) is 10.9. The Balaban J connectivity index is 1.23. The molecule has 2 aliphatic heterocycles. The highest BCUT2D eigenvalue weighted by atomic mass is 35.5. The van der Waals surface area contributed by atoms with E-state index in [2.05, 4.69) is 11.0 Å². The Morgan fingerprint density at radius 3 is 2.41 bits per heavy atom. The highest BCUT2D eigenvalue weighted by Gasteiger charge is 2.47. The molecular formula is C24H24Cl2N2O4. The Morgan fingerprint density at radius 2 is 1.78 bits per heavy atom. The van der Waals surface area contributed by atoms with Gasteiger partial charge in [-0.1, -0.05) is 29.3 Å². The van der Waals surface area contributed by atoms with E-state index in [4.69, 9.17) is 33.0 Å². The van der Waals surface area contributed by atoms with Crippen molar-refractivity contribution in [2.24, 2.45) is 0 Å². The van der Waals surface area contributed by atoms with Crippen molar-refractivity contribution in [3.63, 3.8) is 0 Å². The van der Waals surface area contributed by atoms with E-state index in [0.717, 1.165) is 43.1 Å². The molecule has 3 aliphatic rings. The molecule has 8 heteroatoms. The van der Waals surface area contributed by atoms with Gasteiger partial charge in [0.15, 0.2) is 0 Å². The van der Waals surface area contributed by atoms with Crippen LogP contribution >= 0.6 is 23.2 Å². The summed E-state index contributed by atoms with van der Waals surface area (Å²) in [5, 5.41) is 10.5. The number of anilines is 1. The van der Waals surface area contributed by atoms with E-state index in [1.807, 2.05) is 6.07 Å². The molecule has 2 aromatic carbocycles. The minimum absolute atomic E-state index is 0.190. The number of ether oxygens (including phenoxy) is 1. The number of nitrogens with zero attached hydrogens (tertiary/aromatic N) is 2. The summed E-state index contributed by atoms with van der Waals surface area (Å²) in [4.78, 5) is 27.6. The van der Waals surface area contributed by atoms with Gasteiger partial charge >= 0.3 is 12.1 Å². The Morgan fingerprint density at radius 1 is 1.09 bits per heavy atom. The van der Waals surface area contributed by atoms with Crippen LogP contribution in [-0.2, 0) is 11.3 Å². The molecule has 0 bridgehead atoms. The van der Waals surface area contributed by atoms with Crippen LogP contribution in [0.2, 0.25) is 10.0 Å². The zero-order valence-electron chi connectivity index (χ0n) is 17.5. The summed E-state index contributed by atoms with van der Waals surface area (Å²) in [6.07, 6.45) is 3.48. The molecule has 0 radical (unpaired) electrons. The first kappa shape index (κ1) is 21.6. The molecule has 5 rings (SSSR count). The van der Waals surface area contributed by atoms with Gasteiger partial charge in [0.05, 0.1) is 12.1 Å². The number of piperidine rings is 1. The van der Waals surface area contributed by atoms with Gasteiger partial charge in [0.25, 0.3) is 0 Å². The van der Waals surface area contributed by atoms with Crippen LogP contribution in [0.3, 0.4) is 0 Å². The Hall–Kier alpha value is -2.28. The largest absolute Gasteiger partial charge is 0.478 e. The molecule has 0 atom stereocenters. The standard InChI is InChI=1S/C24H24Cl2N2O4/c25-20-12-21(26)19(15-1-2-15)11-17(20)13-27-9-7-24(8-10-27)14-28(23(31)32-24)18-5-3-16(4-6-18)22(29)30/h3-6,11-12,15H,1-2,7-10,13-14H2,(H,29,30). The van der Waals surface area contributed by atoms with Crippen LogP contribution in [0.1, 0.15) is 53.1 Å². The summed E-state index contributed by atoms with van der Waals surface area (Å²) in [5.74, 6) is -0.425. The van der Waals surface area contributed by atoms with Crippen molar-refractivity contribution in [1.82, 2.24) is 4.90 Å². The molecule has 32 heavy (non-hydrogen) atoms. The number of hydrogen-bond donors (Lipinski definition) is 1. The van der Waals surface area contributed by atoms with Crippen molar-refractivity contribution < 1.29 is 19.4 Å². The van der Waals surface area contributed by atoms with Crippen LogP contribution in [0.5, 0.6) is 0 Å². The topological polar surface area (TPSA) is 70.1 Å². The van der Waals surface area contributed by atoms with Gasteiger partial charge in [-0.25, -0.2) is 9.59 Å². The zero-order valence-corrected chi connectivity index (χ0v) is 19.0. The van der Waals surface area contributed by atoms with Crippen molar-refractivity contribution in [2.45, 2.75) is 43.7 Å². The number of rotatable bonds is 5. The number of benzene rings is 2. The molecule has 1 saturated carbocycles. The lowest BCUT2D eigenvalue weighted by Gasteiger charge is -2.37. The number of carbonyl (C=O) groups excluding carboxylic acids is 1. The van der Waals surface area contributed by atoms with E-state index >= 15 is 0 Å². The maximum absolute atomic E-state index is 12.6. The van der Waals surface area contributed by atoms with E-state index in [0.29, 0.717) is 23.2 Å². The minimum Gasteiger partial charge on any atom is -0.478 e. The highest BCUT2D eigenvalue weighted by molar-refractivity contribution is 6.35. The molecule has 2 aromatic rings. The van der Waals surface area contributed by atoms with E-state index in [9.17, 15) is 9.59 Å². The molecule has 1 amide bonds. The Kier molecular flexibility index (Phi) is 5.56. The predicted molar refractivity (Wildman–Crippen MR) is 123 cm³/mol. The summed E-state index contributed by atoms with van der Waals surface area (Å²) in [6, 6.07) is 10.3. The minimum atomic E-state index is -0.991. The first-order valence-corrected chi connectivity index (χ1v) is 11.6. The number of carbonyl (C=O) groups is 2. The number of halogens is 2. The molecule has 2 saturated heterocycles. The molecule has 0 aromatic heterocycles. The smallest absolute Gasteiger partial charge is 0.415 e. The summed E-state index contributed by atoms with van der Waals surface area (Å²) in [6.45, 7) is 2.83. The van der Waals surface area contributed by atoms with Gasteiger partial charge in [-0.15, -0.1) is 0 Å². The maximum atomic E-state index is 12.6. The summed E-state index contributed by atoms with van der Waals surface area (Å²) < 4.78 is 5.83. The third-order valence-corrected chi connectivity index (χ3v) is 7.42. The maximum Gasteiger partial charge on any atom is 0.415 e. The monoisotopic (exact) mass is 474 g/mol. The van der Waals surface area contributed by atoms with Gasteiger partial charge in [-0.3, -0.25) is 9.80 Å². The molecule has 168 valence electrons. The SMILES string of the molecule is O=C(O)c1ccc(N2CC3(CCN(Cc4cc(C5CC5)c(Cl)cc4Cl)CC3)OC2=O)cc1. The number of aromatic carboxylic acids is 1. The van der Waals surface area contributed by atoms with Crippen LogP contribution in [0.15, 0.2) is 36.4 Å². The van der Waals surface area contributed by atoms with E-state index < -0.39 is 11.6 Å². The van der Waals surface area contributed by atoms with Gasteiger partial charge in [0.1, 0.15) is 5.60 Å². The second-order valence-electron chi connectivity index (χ2n) is 9.00. The molecule has 1 spiro atoms. The highest BCUT2D eigenvalue weighted by Crippen LogP contribution is 2.45. The number of carboxylic acids is 1. The lowest BCUT2D eigenvalue weighted by molar-refractivity contribution is -0.000974. The van der Waals surface area contributed by atoms with Crippen molar-refractivity contribution >= 4 is 41.0 Å². The third kappa shape index (κ3) is 4.19. The molecule has 2 heterocycles. The molecule has 0 unspecified atom stereocenters. The Bertz CT molecular complexity index is 1060. The number of amides is 1. The van der Waals surface area contributed by atoms with Crippen LogP contribution < -0.4 is 4.90 Å². The van der Waals surface area contributed by atoms with Crippen LogP contribution in [0.4, 0.5) is 10.5 Å². The van der Waals surface area contributed by atoms with Gasteiger partial charge in [-0.05, 0) is 60.2 Å². The van der Waals surface area contributed by atoms with E-state index in [-0.39, 0.29) is 11.7 Å². The second kappa shape index (κ2) is 8.25. The summed E-state index contributed by atoms with van der Waals surface area (Å²) in [5.41, 5.74) is 2.63. The molecule has 1 aliphatic carbocycles. The second-order valence-corrected chi connectivity index (χ2v) is 9.82. The fourth-order valence-electron chi connectivity index (χ4n) is 4.67. The van der Waals surface area contributed by atoms with Crippen LogP contribution in [0.25, 0.3) is 0 Å². The molecule has 6 nitrogen and oxygen atoms in total. The third-order valence-electron chi connectivity index (χ3n) is 6.74. The van der Waals surface area contributed by atoms with Crippen LogP contribution in [0, 0.1) is 0 Å². The average molecular weight is 475 g/mol. The zero-order chi connectivity index (χ0) is 22.5. The van der Waals surface area contributed by atoms with Crippen LogP contribution in [-0.4, -0.2) is 47.3 Å². The number of carboxylic acid groups (broad SMARTS) is 1. The van der Waals surface area contributed by atoms with Gasteiger partial charge in [-0.2, -0.15) is 0 Å². The van der Waals surface area contributed by atoms with Gasteiger partial charge in [0.2, 0.25) is 0 Å². The first-order chi connectivity index (χ1) is 15.3. The van der Waals surface area contributed by atoms with E-state index in [1.54, 1.807) is 17.0 Å². The Labute approximate surface area is 196 Å². The normalized spacial score (nSPS) is 20.6. The summed E-state index contributed by atoms with van der Waals surface area (Å²) >= 11 is 12.9. The molecule has 3 fully saturated rings. The van der Waals surface area contributed by atoms with E-state index in [1.165, 1.54) is 30.5 Å². The van der Waals surface area contributed by atoms with Crippen molar-refractivity contribution in [3.05, 3.63) is 63.1 Å². The van der Waals surface area contributed by atoms with Gasteiger partial charge < -0.3 is 9.84 Å². The lowest BCUT2D eigenvalue weighted by atomic mass is 9.91. The van der Waals surface area contributed by atoms with Crippen molar-refractivity contribution in [1.29, 1.82) is 0 Å². The molecule has 1 N–H and O–H groups in total. The van der Waals surface area contributed by atoms with Crippen molar-refractivity contribution in [3.8, 4) is 0 Å². The number of likely N-dealkylation sites (tertiary alicyclic amines) is 1. The number of hydrogen-bond acceptors (Lipinski definition) is 4. The van der Waals surface area contributed by atoms with Crippen molar-refractivity contribution in [2.75, 3.05) is 24.5 Å². The lowest BCUT2D eigenvalue weighted by Crippen LogP contribution is -2.46.